The normalized spacial score (nSPS) is 13.6. The summed E-state index contributed by atoms with van der Waals surface area (Å²) >= 11 is 0. The minimum absolute atomic E-state index is 0. The van der Waals surface area contributed by atoms with Crippen molar-refractivity contribution in [2.24, 2.45) is 0 Å². The Morgan fingerprint density at radius 2 is 0.701 bits per heavy atom. The number of aryl methyl sites for hydroxylation is 4. The SMILES string of the molecule is [2H]C([2H])([2H])c1cc(C)n(-c2[c-]c(C(C)(C)c3[c-]c4c(cc3)c3cc(C(C)(C)C)ccc3n4-c3cc(C(C)(C)c4ccccc4)ccn3)cc(C(C)(C)C)c2)n1.[2H]C([2H])([2H])c1cc(C)n(-c2[c-]c(C(C)(C)c3[c-]c4c(cc3)c3cc(C(C)(C)c5ccccc5)ccc3n4-c3cc(C(C)(C)c4ccccc4)ccn3)ccc2)n1.[Pt+2].[Pt+2]. The second kappa shape index (κ2) is 29.0. The zero-order valence-electron chi connectivity index (χ0n) is 70.6. The van der Waals surface area contributed by atoms with Crippen LogP contribution in [-0.2, 0) is 80.0 Å². The van der Waals surface area contributed by atoms with Gasteiger partial charge in [0.25, 0.3) is 0 Å². The van der Waals surface area contributed by atoms with E-state index in [2.05, 4.69) is 349 Å². The van der Waals surface area contributed by atoms with Gasteiger partial charge in [0.2, 0.25) is 0 Å². The molecule has 546 valence electrons. The molecule has 0 radical (unpaired) electrons. The van der Waals surface area contributed by atoms with Gasteiger partial charge in [-0.1, -0.05) is 237 Å². The first kappa shape index (κ1) is 69.4. The summed E-state index contributed by atoms with van der Waals surface area (Å²) in [5, 5.41) is 13.5. The van der Waals surface area contributed by atoms with Crippen molar-refractivity contribution in [3.63, 3.8) is 0 Å². The first-order valence-electron chi connectivity index (χ1n) is 39.5. The maximum Gasteiger partial charge on any atom is 2.00 e. The fraction of sp³-hybridized carbons (Fsp3) is 0.278. The third kappa shape index (κ3) is 14.5. The molecule has 15 rings (SSSR count). The summed E-state index contributed by atoms with van der Waals surface area (Å²) in [6.45, 7) is 34.9. The van der Waals surface area contributed by atoms with E-state index in [1.165, 1.54) is 44.3 Å². The Bertz CT molecular complexity index is 6020. The van der Waals surface area contributed by atoms with Crippen LogP contribution >= 0.6 is 0 Å². The Balaban J connectivity index is 0.000000206. The van der Waals surface area contributed by atoms with Gasteiger partial charge in [0.15, 0.2) is 0 Å². The smallest absolute Gasteiger partial charge is 0.319 e. The van der Waals surface area contributed by atoms with Crippen LogP contribution in [0.4, 0.5) is 0 Å². The van der Waals surface area contributed by atoms with Crippen molar-refractivity contribution in [3.8, 4) is 23.0 Å². The van der Waals surface area contributed by atoms with Crippen molar-refractivity contribution in [2.75, 3.05) is 0 Å². The van der Waals surface area contributed by atoms with E-state index in [0.29, 0.717) is 5.69 Å². The molecule has 0 N–H and O–H groups in total. The third-order valence-electron chi connectivity index (χ3n) is 22.2. The molecule has 6 aromatic heterocycles. The molecule has 0 aliphatic rings. The number of rotatable bonds is 14. The van der Waals surface area contributed by atoms with Gasteiger partial charge < -0.3 is 9.13 Å². The standard InChI is InChI=1S/C49H46N4.C48H52N4.2Pt/c1-33-28-34(2)53(51-33)41-21-15-20-37(29-41)49(7,8)39-22-24-42-43-30-38(47(3,4)35-16-11-9-12-17-35)23-25-44(43)52(45(42)31-39)46-32-40(26-27-50-46)48(5,6)36-18-13-10-14-19-36;1-31-24-32(2)52(50-31)39-26-37(46(6,7)8)25-38(27-39)48(11,12)35-18-20-40-41-28-34(45(3,4)5)19-21-42(41)51(43(40)29-35)44-30-36(22-23-49-44)47(9,10)33-16-14-13-15-17-33;;/h9-28,30,32H,1-8H3;13-26,28,30H,1-12H3;;/q2*-2;2*+2/i2*1D3;;. The van der Waals surface area contributed by atoms with Crippen LogP contribution in [0.2, 0.25) is 0 Å². The maximum absolute atomic E-state index is 7.99. The van der Waals surface area contributed by atoms with Crippen molar-refractivity contribution in [2.45, 2.75) is 176 Å². The molecule has 9 aromatic carbocycles. The van der Waals surface area contributed by atoms with Crippen molar-refractivity contribution in [3.05, 3.63) is 345 Å². The van der Waals surface area contributed by atoms with Crippen LogP contribution in [0, 0.1) is 51.8 Å². The molecule has 10 heteroatoms. The summed E-state index contributed by atoms with van der Waals surface area (Å²) in [6, 6.07) is 91.7. The predicted molar refractivity (Wildman–Crippen MR) is 436 cm³/mol. The third-order valence-corrected chi connectivity index (χ3v) is 22.2. The number of pyridine rings is 2. The van der Waals surface area contributed by atoms with Gasteiger partial charge in [-0.25, -0.2) is 9.97 Å². The minimum atomic E-state index is -2.30. The fourth-order valence-corrected chi connectivity index (χ4v) is 15.0. The van der Waals surface area contributed by atoms with Crippen molar-refractivity contribution >= 4 is 43.6 Å². The molecule has 0 saturated heterocycles. The zero-order chi connectivity index (χ0) is 79.5. The van der Waals surface area contributed by atoms with Crippen molar-refractivity contribution in [1.29, 1.82) is 0 Å². The minimum Gasteiger partial charge on any atom is -0.319 e. The molecule has 0 atom stereocenters. The average molecular weight is 1770 g/mol. The second-order valence-electron chi connectivity index (χ2n) is 33.2. The number of hydrogen-bond donors (Lipinski definition) is 0. The Hall–Kier alpha value is -9.32. The van der Waals surface area contributed by atoms with Crippen LogP contribution in [0.15, 0.2) is 231 Å². The molecule has 0 saturated carbocycles. The Labute approximate surface area is 671 Å². The number of benzene rings is 9. The van der Waals surface area contributed by atoms with Gasteiger partial charge in [0, 0.05) is 59.3 Å². The molecule has 0 bridgehead atoms. The van der Waals surface area contributed by atoms with Gasteiger partial charge in [-0.2, -0.15) is 105 Å². The quantitative estimate of drug-likeness (QED) is 0.102. The van der Waals surface area contributed by atoms with Crippen LogP contribution in [0.1, 0.15) is 209 Å². The molecule has 107 heavy (non-hydrogen) atoms. The Morgan fingerprint density at radius 1 is 0.308 bits per heavy atom. The number of hydrogen-bond acceptors (Lipinski definition) is 4. The molecule has 8 nitrogen and oxygen atoms in total. The largest absolute Gasteiger partial charge is 2.00 e. The topological polar surface area (TPSA) is 71.3 Å². The molecule has 0 aliphatic carbocycles. The van der Waals surface area contributed by atoms with Gasteiger partial charge in [0.05, 0.1) is 11.4 Å². The van der Waals surface area contributed by atoms with Crippen LogP contribution in [-0.4, -0.2) is 38.7 Å². The van der Waals surface area contributed by atoms with E-state index in [9.17, 15) is 0 Å². The van der Waals surface area contributed by atoms with Crippen LogP contribution in [0.25, 0.3) is 66.6 Å². The summed E-state index contributed by atoms with van der Waals surface area (Å²) in [6.07, 6.45) is 3.84. The van der Waals surface area contributed by atoms with E-state index in [4.69, 9.17) is 18.2 Å². The summed E-state index contributed by atoms with van der Waals surface area (Å²) in [4.78, 5) is 10.0. The van der Waals surface area contributed by atoms with Crippen LogP contribution in [0.3, 0.4) is 0 Å². The van der Waals surface area contributed by atoms with Crippen LogP contribution < -0.4 is 0 Å². The summed E-state index contributed by atoms with van der Waals surface area (Å²) < 4.78 is 55.5. The van der Waals surface area contributed by atoms with E-state index in [-0.39, 0.29) is 80.6 Å². The van der Waals surface area contributed by atoms with Gasteiger partial charge >= 0.3 is 42.1 Å². The van der Waals surface area contributed by atoms with E-state index in [0.717, 1.165) is 94.8 Å². The molecule has 15 aromatic rings. The number of nitrogens with zero attached hydrogens (tertiary/aromatic N) is 8. The molecule has 0 fully saturated rings. The molecule has 0 spiro atoms. The first-order valence-corrected chi connectivity index (χ1v) is 36.5. The molecular formula is C97H98N8Pt2. The van der Waals surface area contributed by atoms with E-state index in [1.54, 1.807) is 21.5 Å². The molecular weight excluding hydrogens is 1670 g/mol. The Kier molecular flexibility index (Phi) is 18.8. The average Bonchev–Trinajstić information content (AvgIpc) is 1.59. The van der Waals surface area contributed by atoms with Gasteiger partial charge in [-0.15, -0.1) is 22.9 Å². The molecule has 0 amide bonds. The zero-order valence-corrected chi connectivity index (χ0v) is 69.2. The van der Waals surface area contributed by atoms with E-state index >= 15 is 0 Å². The molecule has 0 aliphatic heterocycles. The maximum atomic E-state index is 7.99. The van der Waals surface area contributed by atoms with Gasteiger partial charge in [-0.3, -0.25) is 9.36 Å². The second-order valence-corrected chi connectivity index (χ2v) is 33.2. The summed E-state index contributed by atoms with van der Waals surface area (Å²) in [5.74, 6) is 1.68. The molecule has 0 unspecified atom stereocenters. The van der Waals surface area contributed by atoms with Crippen molar-refractivity contribution < 1.29 is 50.4 Å². The van der Waals surface area contributed by atoms with E-state index < -0.39 is 24.5 Å². The van der Waals surface area contributed by atoms with E-state index in [1.807, 2.05) is 38.4 Å². The first-order chi connectivity index (χ1) is 52.1. The van der Waals surface area contributed by atoms with Crippen molar-refractivity contribution in [1.82, 2.24) is 38.7 Å². The van der Waals surface area contributed by atoms with Gasteiger partial charge in [-0.05, 0) is 159 Å². The summed E-state index contributed by atoms with van der Waals surface area (Å²) in [7, 11) is 0. The Morgan fingerprint density at radius 3 is 1.13 bits per heavy atom. The predicted octanol–water partition coefficient (Wildman–Crippen LogP) is 23.4. The number of fused-ring (bicyclic) bond motifs is 6. The number of aromatic nitrogens is 8. The van der Waals surface area contributed by atoms with Gasteiger partial charge in [0.1, 0.15) is 11.6 Å². The monoisotopic (exact) mass is 1770 g/mol. The fourth-order valence-electron chi connectivity index (χ4n) is 15.0. The van der Waals surface area contributed by atoms with Crippen LogP contribution in [0.5, 0.6) is 0 Å². The summed E-state index contributed by atoms with van der Waals surface area (Å²) in [5.41, 5.74) is 18.7. The molecule has 6 heterocycles.